The van der Waals surface area contributed by atoms with Gasteiger partial charge in [0.1, 0.15) is 5.82 Å². The van der Waals surface area contributed by atoms with E-state index in [1.807, 2.05) is 30.3 Å². The summed E-state index contributed by atoms with van der Waals surface area (Å²) in [5, 5.41) is 2.88. The van der Waals surface area contributed by atoms with E-state index in [9.17, 15) is 9.18 Å². The highest BCUT2D eigenvalue weighted by atomic mass is 79.9. The van der Waals surface area contributed by atoms with Crippen molar-refractivity contribution in [2.75, 3.05) is 5.32 Å². The van der Waals surface area contributed by atoms with Crippen LogP contribution in [0.25, 0.3) is 11.1 Å². The van der Waals surface area contributed by atoms with Crippen LogP contribution in [0.2, 0.25) is 0 Å². The van der Waals surface area contributed by atoms with E-state index in [4.69, 9.17) is 0 Å². The number of hydrogen-bond acceptors (Lipinski definition) is 2. The second kappa shape index (κ2) is 6.84. The van der Waals surface area contributed by atoms with E-state index in [2.05, 4.69) is 26.2 Å². The van der Waals surface area contributed by atoms with Gasteiger partial charge in [0.25, 0.3) is 0 Å². The van der Waals surface area contributed by atoms with Crippen LogP contribution < -0.4 is 5.32 Å². The first-order valence-electron chi connectivity index (χ1n) is 8.12. The first-order valence-corrected chi connectivity index (χ1v) is 8.92. The topological polar surface area (TPSA) is 41.5 Å². The summed E-state index contributed by atoms with van der Waals surface area (Å²) in [6.07, 6.45) is 0.181. The van der Waals surface area contributed by atoms with Crippen LogP contribution in [0.3, 0.4) is 0 Å². The molecule has 0 fully saturated rings. The molecule has 4 rings (SSSR count). The lowest BCUT2D eigenvalue weighted by Crippen LogP contribution is -2.15. The molecule has 0 radical (unpaired) electrons. The molecule has 0 saturated heterocycles. The van der Waals surface area contributed by atoms with Crippen LogP contribution in [0.5, 0.6) is 0 Å². The molecule has 0 aromatic heterocycles. The summed E-state index contributed by atoms with van der Waals surface area (Å²) in [4.78, 5) is 17.0. The minimum absolute atomic E-state index is 0.145. The number of hydrogen-bond donors (Lipinski definition) is 1. The van der Waals surface area contributed by atoms with E-state index in [1.165, 1.54) is 6.07 Å². The molecule has 0 spiro atoms. The average molecular weight is 409 g/mol. The molecule has 1 aliphatic heterocycles. The van der Waals surface area contributed by atoms with Crippen LogP contribution in [0.15, 0.2) is 76.2 Å². The number of anilines is 1. The van der Waals surface area contributed by atoms with Gasteiger partial charge in [-0.3, -0.25) is 9.79 Å². The van der Waals surface area contributed by atoms with Crippen molar-refractivity contribution in [3.63, 3.8) is 0 Å². The van der Waals surface area contributed by atoms with Gasteiger partial charge in [-0.1, -0.05) is 52.3 Å². The zero-order chi connectivity index (χ0) is 18.1. The third kappa shape index (κ3) is 3.30. The number of aliphatic imine (C=N–C) groups is 1. The summed E-state index contributed by atoms with van der Waals surface area (Å²) < 4.78 is 15.0. The zero-order valence-corrected chi connectivity index (χ0v) is 15.3. The van der Waals surface area contributed by atoms with Gasteiger partial charge in [0, 0.05) is 10.0 Å². The van der Waals surface area contributed by atoms with E-state index >= 15 is 0 Å². The molecule has 0 unspecified atom stereocenters. The van der Waals surface area contributed by atoms with Crippen molar-refractivity contribution in [3.8, 4) is 11.1 Å². The molecule has 0 bridgehead atoms. The van der Waals surface area contributed by atoms with Crippen molar-refractivity contribution in [1.29, 1.82) is 0 Å². The van der Waals surface area contributed by atoms with Crippen molar-refractivity contribution in [2.45, 2.75) is 6.42 Å². The Morgan fingerprint density at radius 1 is 0.962 bits per heavy atom. The highest BCUT2D eigenvalue weighted by Crippen LogP contribution is 2.34. The molecule has 1 amide bonds. The quantitative estimate of drug-likeness (QED) is 0.578. The second-order valence-corrected chi connectivity index (χ2v) is 6.92. The van der Waals surface area contributed by atoms with Gasteiger partial charge in [0.05, 0.1) is 23.5 Å². The van der Waals surface area contributed by atoms with Crippen molar-refractivity contribution < 1.29 is 9.18 Å². The fourth-order valence-electron chi connectivity index (χ4n) is 2.96. The maximum Gasteiger partial charge on any atom is 0.230 e. The van der Waals surface area contributed by atoms with E-state index in [0.717, 1.165) is 10.0 Å². The Hall–Kier alpha value is -2.79. The van der Waals surface area contributed by atoms with Crippen LogP contribution in [-0.2, 0) is 4.79 Å². The lowest BCUT2D eigenvalue weighted by atomic mass is 10.0. The highest BCUT2D eigenvalue weighted by Gasteiger charge is 2.18. The lowest BCUT2D eigenvalue weighted by Gasteiger charge is -2.09. The van der Waals surface area contributed by atoms with Gasteiger partial charge in [-0.2, -0.15) is 0 Å². The van der Waals surface area contributed by atoms with Crippen molar-refractivity contribution in [1.82, 2.24) is 0 Å². The van der Waals surface area contributed by atoms with Gasteiger partial charge in [-0.25, -0.2) is 4.39 Å². The number of halogens is 2. The SMILES string of the molecule is O=C1CC(c2cccc(Br)c2)=Nc2ccc(-c3ccccc3F)cc2N1. The van der Waals surface area contributed by atoms with Gasteiger partial charge in [-0.05, 0) is 41.5 Å². The number of carbonyl (C=O) groups is 1. The van der Waals surface area contributed by atoms with E-state index in [1.54, 1.807) is 30.3 Å². The summed E-state index contributed by atoms with van der Waals surface area (Å²) in [7, 11) is 0. The molecular weight excluding hydrogens is 395 g/mol. The van der Waals surface area contributed by atoms with Gasteiger partial charge in [0.15, 0.2) is 0 Å². The highest BCUT2D eigenvalue weighted by molar-refractivity contribution is 9.10. The molecular formula is C21H14BrFN2O. The van der Waals surface area contributed by atoms with Crippen molar-refractivity contribution in [2.24, 2.45) is 4.99 Å². The molecule has 3 aromatic carbocycles. The lowest BCUT2D eigenvalue weighted by molar-refractivity contribution is -0.115. The Kier molecular flexibility index (Phi) is 4.39. The number of amides is 1. The van der Waals surface area contributed by atoms with Crippen LogP contribution in [0, 0.1) is 5.82 Å². The minimum Gasteiger partial charge on any atom is -0.324 e. The smallest absolute Gasteiger partial charge is 0.230 e. The monoisotopic (exact) mass is 408 g/mol. The molecule has 3 nitrogen and oxygen atoms in total. The summed E-state index contributed by atoms with van der Waals surface area (Å²) in [6.45, 7) is 0. The fourth-order valence-corrected chi connectivity index (χ4v) is 3.36. The third-order valence-corrected chi connectivity index (χ3v) is 4.69. The Labute approximate surface area is 158 Å². The zero-order valence-electron chi connectivity index (χ0n) is 13.7. The molecule has 1 N–H and O–H groups in total. The maximum atomic E-state index is 14.1. The summed E-state index contributed by atoms with van der Waals surface area (Å²) in [5.74, 6) is -0.445. The normalized spacial score (nSPS) is 13.5. The Morgan fingerprint density at radius 3 is 2.62 bits per heavy atom. The summed E-state index contributed by atoms with van der Waals surface area (Å²) in [5.41, 5.74) is 4.02. The van der Waals surface area contributed by atoms with E-state index in [0.29, 0.717) is 28.2 Å². The Morgan fingerprint density at radius 2 is 1.81 bits per heavy atom. The average Bonchev–Trinajstić information content (AvgIpc) is 2.79. The molecule has 1 aliphatic rings. The van der Waals surface area contributed by atoms with Gasteiger partial charge < -0.3 is 5.32 Å². The summed E-state index contributed by atoms with van der Waals surface area (Å²) >= 11 is 3.45. The maximum absolute atomic E-state index is 14.1. The van der Waals surface area contributed by atoms with E-state index < -0.39 is 0 Å². The van der Waals surface area contributed by atoms with Crippen LogP contribution in [-0.4, -0.2) is 11.6 Å². The largest absolute Gasteiger partial charge is 0.324 e. The number of rotatable bonds is 2. The third-order valence-electron chi connectivity index (χ3n) is 4.20. The molecule has 128 valence electrons. The molecule has 1 heterocycles. The molecule has 0 aliphatic carbocycles. The molecule has 3 aromatic rings. The van der Waals surface area contributed by atoms with Crippen LogP contribution in [0.1, 0.15) is 12.0 Å². The first-order chi connectivity index (χ1) is 12.6. The Bertz CT molecular complexity index is 1050. The minimum atomic E-state index is -0.300. The molecule has 0 atom stereocenters. The predicted molar refractivity (Wildman–Crippen MR) is 105 cm³/mol. The number of nitrogens with zero attached hydrogens (tertiary/aromatic N) is 1. The Balaban J connectivity index is 1.80. The standard InChI is InChI=1S/C21H14BrFN2O/c22-15-5-3-4-14(10-15)19-12-21(26)25-20-11-13(8-9-18(20)24-19)16-6-1-2-7-17(16)23/h1-11H,12H2,(H,25,26). The molecule has 0 saturated carbocycles. The summed E-state index contributed by atoms with van der Waals surface area (Å²) in [6, 6.07) is 19.7. The molecule has 5 heteroatoms. The molecule has 26 heavy (non-hydrogen) atoms. The van der Waals surface area contributed by atoms with Gasteiger partial charge in [-0.15, -0.1) is 0 Å². The van der Waals surface area contributed by atoms with Gasteiger partial charge >= 0.3 is 0 Å². The second-order valence-electron chi connectivity index (χ2n) is 6.01. The fraction of sp³-hybridized carbons (Fsp3) is 0.0476. The van der Waals surface area contributed by atoms with Crippen LogP contribution in [0.4, 0.5) is 15.8 Å². The number of nitrogens with one attached hydrogen (secondary N) is 1. The number of fused-ring (bicyclic) bond motifs is 1. The van der Waals surface area contributed by atoms with E-state index in [-0.39, 0.29) is 18.1 Å². The number of benzene rings is 3. The van der Waals surface area contributed by atoms with Crippen LogP contribution >= 0.6 is 15.9 Å². The van der Waals surface area contributed by atoms with Gasteiger partial charge in [0.2, 0.25) is 5.91 Å². The number of carbonyl (C=O) groups excluding carboxylic acids is 1. The van der Waals surface area contributed by atoms with Crippen molar-refractivity contribution in [3.05, 3.63) is 82.6 Å². The van der Waals surface area contributed by atoms with Crippen molar-refractivity contribution >= 4 is 38.9 Å². The predicted octanol–water partition coefficient (Wildman–Crippen LogP) is 5.72. The first kappa shape index (κ1) is 16.7.